The Labute approximate surface area is 110 Å². The number of fused-ring (bicyclic) bond motifs is 1. The molecule has 1 aromatic carbocycles. The molecule has 0 N–H and O–H groups in total. The van der Waals surface area contributed by atoms with Crippen molar-refractivity contribution >= 4 is 54.4 Å². The third-order valence-electron chi connectivity index (χ3n) is 2.29. The van der Waals surface area contributed by atoms with E-state index in [1.165, 1.54) is 5.56 Å². The van der Waals surface area contributed by atoms with E-state index < -0.39 is 0 Å². The van der Waals surface area contributed by atoms with Crippen LogP contribution in [-0.2, 0) is 6.42 Å². The number of nitrogens with zero attached hydrogens (tertiary/aromatic N) is 1. The van der Waals surface area contributed by atoms with Crippen LogP contribution in [0, 0.1) is 0 Å². The van der Waals surface area contributed by atoms with Crippen molar-refractivity contribution in [2.45, 2.75) is 13.3 Å². The van der Waals surface area contributed by atoms with Crippen LogP contribution in [0.4, 0.5) is 0 Å². The van der Waals surface area contributed by atoms with Crippen LogP contribution >= 0.6 is 43.5 Å². The van der Waals surface area contributed by atoms with E-state index >= 15 is 0 Å². The van der Waals surface area contributed by atoms with Gasteiger partial charge in [0, 0.05) is 20.5 Å². The molecule has 0 saturated carbocycles. The fraction of sp³-hybridized carbons (Fsp3) is 0.182. The fourth-order valence-corrected chi connectivity index (χ4v) is 3.00. The second-order valence-electron chi connectivity index (χ2n) is 3.22. The van der Waals surface area contributed by atoms with Gasteiger partial charge in [0.15, 0.2) is 0 Å². The number of benzene rings is 1. The summed E-state index contributed by atoms with van der Waals surface area (Å²) in [6.45, 7) is 2.11. The highest BCUT2D eigenvalue weighted by Crippen LogP contribution is 2.33. The number of halogens is 3. The smallest absolute Gasteiger partial charge is 0.0760 e. The van der Waals surface area contributed by atoms with Crippen LogP contribution in [-0.4, -0.2) is 4.98 Å². The van der Waals surface area contributed by atoms with Gasteiger partial charge in [0.1, 0.15) is 0 Å². The molecule has 1 nitrogen and oxygen atoms in total. The molecular formula is C11H8Br2ClN. The van der Waals surface area contributed by atoms with Gasteiger partial charge in [-0.05, 0) is 40.0 Å². The maximum atomic E-state index is 6.17. The molecule has 0 atom stereocenters. The Morgan fingerprint density at radius 2 is 2.07 bits per heavy atom. The second-order valence-corrected chi connectivity index (χ2v) is 5.40. The van der Waals surface area contributed by atoms with Crippen LogP contribution < -0.4 is 0 Å². The number of rotatable bonds is 1. The first-order chi connectivity index (χ1) is 7.13. The van der Waals surface area contributed by atoms with Crippen LogP contribution in [0.2, 0.25) is 5.02 Å². The largest absolute Gasteiger partial charge is 0.255 e. The molecule has 0 spiro atoms. The van der Waals surface area contributed by atoms with Gasteiger partial charge in [-0.2, -0.15) is 0 Å². The Morgan fingerprint density at radius 3 is 2.73 bits per heavy atom. The number of aryl methyl sites for hydroxylation is 1. The normalized spacial score (nSPS) is 10.9. The summed E-state index contributed by atoms with van der Waals surface area (Å²) in [5.74, 6) is 0. The average molecular weight is 349 g/mol. The molecule has 0 bridgehead atoms. The highest BCUT2D eigenvalue weighted by atomic mass is 79.9. The van der Waals surface area contributed by atoms with Gasteiger partial charge < -0.3 is 0 Å². The highest BCUT2D eigenvalue weighted by Gasteiger charge is 2.09. The van der Waals surface area contributed by atoms with Crippen molar-refractivity contribution in [3.63, 3.8) is 0 Å². The summed E-state index contributed by atoms with van der Waals surface area (Å²) in [5, 5.41) is 1.72. The molecule has 0 aliphatic carbocycles. The van der Waals surface area contributed by atoms with Crippen LogP contribution in [0.5, 0.6) is 0 Å². The summed E-state index contributed by atoms with van der Waals surface area (Å²) in [6, 6.07) is 3.92. The minimum atomic E-state index is 0.725. The van der Waals surface area contributed by atoms with Crippen molar-refractivity contribution in [2.24, 2.45) is 0 Å². The Morgan fingerprint density at radius 1 is 1.33 bits per heavy atom. The molecule has 0 aliphatic heterocycles. The van der Waals surface area contributed by atoms with Gasteiger partial charge in [-0.1, -0.05) is 34.5 Å². The van der Waals surface area contributed by atoms with Crippen molar-refractivity contribution in [2.75, 3.05) is 0 Å². The van der Waals surface area contributed by atoms with Crippen LogP contribution in [0.3, 0.4) is 0 Å². The minimum Gasteiger partial charge on any atom is -0.255 e. The van der Waals surface area contributed by atoms with E-state index in [2.05, 4.69) is 43.8 Å². The van der Waals surface area contributed by atoms with Crippen molar-refractivity contribution < 1.29 is 0 Å². The molecule has 2 aromatic rings. The molecule has 78 valence electrons. The molecule has 1 aromatic heterocycles. The monoisotopic (exact) mass is 347 g/mol. The quantitative estimate of drug-likeness (QED) is 0.708. The lowest BCUT2D eigenvalue weighted by molar-refractivity contribution is 1.13. The Bertz CT molecular complexity index is 525. The molecule has 0 unspecified atom stereocenters. The standard InChI is InChI=1S/C11H8Br2ClN/c1-2-7-9(13)4-10(14)8-3-6(12)5-15-11(7)8/h3-5H,2H2,1H3. The van der Waals surface area contributed by atoms with E-state index in [0.29, 0.717) is 0 Å². The summed E-state index contributed by atoms with van der Waals surface area (Å²) in [7, 11) is 0. The lowest BCUT2D eigenvalue weighted by Gasteiger charge is -2.08. The number of hydrogen-bond donors (Lipinski definition) is 0. The number of aromatic nitrogens is 1. The van der Waals surface area contributed by atoms with Gasteiger partial charge in [0.05, 0.1) is 10.5 Å². The zero-order valence-electron chi connectivity index (χ0n) is 8.02. The van der Waals surface area contributed by atoms with E-state index in [1.807, 2.05) is 12.1 Å². The molecule has 0 fully saturated rings. The van der Waals surface area contributed by atoms with E-state index in [9.17, 15) is 0 Å². The van der Waals surface area contributed by atoms with Gasteiger partial charge in [0.2, 0.25) is 0 Å². The molecule has 0 saturated heterocycles. The highest BCUT2D eigenvalue weighted by molar-refractivity contribution is 9.10. The first-order valence-electron chi connectivity index (χ1n) is 4.55. The average Bonchev–Trinajstić information content (AvgIpc) is 2.19. The fourth-order valence-electron chi connectivity index (χ4n) is 1.59. The predicted molar refractivity (Wildman–Crippen MR) is 71.5 cm³/mol. The molecule has 2 rings (SSSR count). The second kappa shape index (κ2) is 4.40. The third-order valence-corrected chi connectivity index (χ3v) is 3.75. The van der Waals surface area contributed by atoms with Crippen LogP contribution in [0.15, 0.2) is 27.3 Å². The SMILES string of the molecule is CCc1c(Br)cc(Cl)c2cc(Br)cnc12. The van der Waals surface area contributed by atoms with Gasteiger partial charge in [-0.15, -0.1) is 0 Å². The number of pyridine rings is 1. The maximum absolute atomic E-state index is 6.17. The molecule has 1 heterocycles. The zero-order chi connectivity index (χ0) is 11.0. The van der Waals surface area contributed by atoms with Gasteiger partial charge in [0.25, 0.3) is 0 Å². The van der Waals surface area contributed by atoms with Crippen molar-refractivity contribution in [1.29, 1.82) is 0 Å². The molecular weight excluding hydrogens is 341 g/mol. The van der Waals surface area contributed by atoms with E-state index in [0.717, 1.165) is 31.3 Å². The summed E-state index contributed by atoms with van der Waals surface area (Å²) in [4.78, 5) is 4.41. The van der Waals surface area contributed by atoms with Crippen LogP contribution in [0.1, 0.15) is 12.5 Å². The summed E-state index contributed by atoms with van der Waals surface area (Å²) < 4.78 is 1.97. The predicted octanol–water partition coefficient (Wildman–Crippen LogP) is 4.98. The number of hydrogen-bond acceptors (Lipinski definition) is 1. The Kier molecular flexibility index (Phi) is 3.33. The summed E-state index contributed by atoms with van der Waals surface area (Å²) >= 11 is 13.1. The molecule has 15 heavy (non-hydrogen) atoms. The van der Waals surface area contributed by atoms with Crippen molar-refractivity contribution in [3.8, 4) is 0 Å². The van der Waals surface area contributed by atoms with Crippen molar-refractivity contribution in [3.05, 3.63) is 37.9 Å². The first kappa shape index (κ1) is 11.4. The Hall–Kier alpha value is -0.120. The van der Waals surface area contributed by atoms with Gasteiger partial charge in [-0.3, -0.25) is 4.98 Å². The molecule has 4 heteroatoms. The Balaban J connectivity index is 2.90. The summed E-state index contributed by atoms with van der Waals surface area (Å²) in [5.41, 5.74) is 2.17. The minimum absolute atomic E-state index is 0.725. The topological polar surface area (TPSA) is 12.9 Å². The van der Waals surface area contributed by atoms with Gasteiger partial charge >= 0.3 is 0 Å². The maximum Gasteiger partial charge on any atom is 0.0760 e. The molecule has 0 amide bonds. The third kappa shape index (κ3) is 2.05. The van der Waals surface area contributed by atoms with E-state index in [1.54, 1.807) is 6.20 Å². The molecule has 0 aliphatic rings. The lowest BCUT2D eigenvalue weighted by atomic mass is 10.1. The van der Waals surface area contributed by atoms with E-state index in [-0.39, 0.29) is 0 Å². The molecule has 0 radical (unpaired) electrons. The van der Waals surface area contributed by atoms with Crippen LogP contribution in [0.25, 0.3) is 10.9 Å². The zero-order valence-corrected chi connectivity index (χ0v) is 11.9. The lowest BCUT2D eigenvalue weighted by Crippen LogP contribution is -1.90. The van der Waals surface area contributed by atoms with Gasteiger partial charge in [-0.25, -0.2) is 0 Å². The van der Waals surface area contributed by atoms with Crippen molar-refractivity contribution in [1.82, 2.24) is 4.98 Å². The summed E-state index contributed by atoms with van der Waals surface area (Å²) in [6.07, 6.45) is 2.73. The first-order valence-corrected chi connectivity index (χ1v) is 6.52. The van der Waals surface area contributed by atoms with E-state index in [4.69, 9.17) is 11.6 Å².